The number of hydrogen-bond acceptors (Lipinski definition) is 5. The van der Waals surface area contributed by atoms with Crippen LogP contribution in [0.25, 0.3) is 0 Å². The molecular formula is C24H24ClN3O4S. The molecule has 0 spiro atoms. The van der Waals surface area contributed by atoms with Gasteiger partial charge in [0, 0.05) is 11.6 Å². The number of carbonyl (C=O) groups is 1. The van der Waals surface area contributed by atoms with Crippen molar-refractivity contribution in [2.45, 2.75) is 18.4 Å². The summed E-state index contributed by atoms with van der Waals surface area (Å²) in [4.78, 5) is 12.6. The van der Waals surface area contributed by atoms with Gasteiger partial charge in [0.2, 0.25) is 10.0 Å². The molecule has 0 aromatic heterocycles. The van der Waals surface area contributed by atoms with Crippen molar-refractivity contribution in [3.63, 3.8) is 0 Å². The molecule has 3 aromatic carbocycles. The topological polar surface area (TPSA) is 88.1 Å². The molecule has 0 aliphatic carbocycles. The van der Waals surface area contributed by atoms with Gasteiger partial charge in [-0.1, -0.05) is 60.1 Å². The molecule has 1 N–H and O–H groups in total. The molecule has 0 atom stereocenters. The Hall–Kier alpha value is -3.20. The zero-order valence-electron chi connectivity index (χ0n) is 18.2. The molecule has 0 aliphatic rings. The highest BCUT2D eigenvalue weighted by Crippen LogP contribution is 2.28. The molecule has 0 saturated heterocycles. The van der Waals surface area contributed by atoms with E-state index in [-0.39, 0.29) is 17.2 Å². The van der Waals surface area contributed by atoms with Crippen LogP contribution < -0.4 is 10.2 Å². The number of nitrogens with one attached hydrogen (secondary N) is 1. The zero-order chi connectivity index (χ0) is 23.8. The first-order chi connectivity index (χ1) is 15.8. The van der Waals surface area contributed by atoms with Gasteiger partial charge in [0.15, 0.2) is 0 Å². The lowest BCUT2D eigenvalue weighted by Crippen LogP contribution is -2.39. The van der Waals surface area contributed by atoms with E-state index in [1.54, 1.807) is 55.5 Å². The molecule has 0 fully saturated rings. The minimum absolute atomic E-state index is 0.00356. The Balaban J connectivity index is 1.85. The largest absolute Gasteiger partial charge is 0.495 e. The number of ether oxygens (including phenoxy) is 1. The standard InChI is InChI=1S/C24H24ClN3O4S/c1-18-11-12-22(32-2)23(13-18)33(30,31)28(16-19-7-4-3-5-8-19)17-24(29)27-26-15-20-9-6-10-21(25)14-20/h3-15H,16-17H2,1-2H3,(H,27,29)/b26-15+. The highest BCUT2D eigenvalue weighted by atomic mass is 35.5. The summed E-state index contributed by atoms with van der Waals surface area (Å²) in [6.45, 7) is 1.37. The highest BCUT2D eigenvalue weighted by molar-refractivity contribution is 7.89. The smallest absolute Gasteiger partial charge is 0.255 e. The van der Waals surface area contributed by atoms with Crippen molar-refractivity contribution in [2.75, 3.05) is 13.7 Å². The predicted octanol–water partition coefficient (Wildman–Crippen LogP) is 4.00. The number of hydrazone groups is 1. The molecule has 3 rings (SSSR count). The van der Waals surface area contributed by atoms with Gasteiger partial charge in [-0.05, 0) is 47.9 Å². The minimum Gasteiger partial charge on any atom is -0.495 e. The number of halogens is 1. The maximum atomic E-state index is 13.5. The second kappa shape index (κ2) is 11.1. The summed E-state index contributed by atoms with van der Waals surface area (Å²) in [6.07, 6.45) is 1.43. The van der Waals surface area contributed by atoms with E-state index in [0.29, 0.717) is 10.6 Å². The van der Waals surface area contributed by atoms with Gasteiger partial charge in [-0.25, -0.2) is 13.8 Å². The summed E-state index contributed by atoms with van der Waals surface area (Å²) in [7, 11) is -2.66. The van der Waals surface area contributed by atoms with E-state index in [9.17, 15) is 13.2 Å². The number of sulfonamides is 1. The number of nitrogens with zero attached hydrogens (tertiary/aromatic N) is 2. The van der Waals surface area contributed by atoms with Gasteiger partial charge >= 0.3 is 0 Å². The van der Waals surface area contributed by atoms with Crippen LogP contribution in [0, 0.1) is 6.92 Å². The van der Waals surface area contributed by atoms with Gasteiger partial charge < -0.3 is 4.74 Å². The Morgan fingerprint density at radius 3 is 2.55 bits per heavy atom. The molecule has 172 valence electrons. The fourth-order valence-electron chi connectivity index (χ4n) is 3.10. The van der Waals surface area contributed by atoms with Crippen molar-refractivity contribution >= 4 is 33.7 Å². The second-order valence-corrected chi connectivity index (χ2v) is 9.60. The van der Waals surface area contributed by atoms with E-state index in [4.69, 9.17) is 16.3 Å². The fourth-order valence-corrected chi connectivity index (χ4v) is 4.92. The van der Waals surface area contributed by atoms with Crippen molar-refractivity contribution in [3.05, 3.63) is 94.5 Å². The molecule has 1 amide bonds. The van der Waals surface area contributed by atoms with Gasteiger partial charge in [0.1, 0.15) is 10.6 Å². The molecule has 0 heterocycles. The normalized spacial score (nSPS) is 11.6. The second-order valence-electron chi connectivity index (χ2n) is 7.26. The SMILES string of the molecule is COc1ccc(C)cc1S(=O)(=O)N(CC(=O)N/N=C/c1cccc(Cl)c1)Cc1ccccc1. The zero-order valence-corrected chi connectivity index (χ0v) is 19.8. The number of amides is 1. The highest BCUT2D eigenvalue weighted by Gasteiger charge is 2.30. The lowest BCUT2D eigenvalue weighted by atomic mass is 10.2. The molecule has 7 nitrogen and oxygen atoms in total. The average molecular weight is 486 g/mol. The van der Waals surface area contributed by atoms with Gasteiger partial charge in [0.05, 0.1) is 19.9 Å². The van der Waals surface area contributed by atoms with E-state index >= 15 is 0 Å². The van der Waals surface area contributed by atoms with E-state index < -0.39 is 22.5 Å². The van der Waals surface area contributed by atoms with Crippen molar-refractivity contribution in [3.8, 4) is 5.75 Å². The summed E-state index contributed by atoms with van der Waals surface area (Å²) in [5.74, 6) is -0.377. The Morgan fingerprint density at radius 2 is 1.85 bits per heavy atom. The monoisotopic (exact) mass is 485 g/mol. The van der Waals surface area contributed by atoms with Crippen LogP contribution in [0.2, 0.25) is 5.02 Å². The Bertz CT molecular complexity index is 1250. The Labute approximate surface area is 198 Å². The third-order valence-electron chi connectivity index (χ3n) is 4.71. The summed E-state index contributed by atoms with van der Waals surface area (Å²) >= 11 is 5.94. The molecule has 3 aromatic rings. The van der Waals surface area contributed by atoms with Crippen molar-refractivity contribution < 1.29 is 17.9 Å². The maximum absolute atomic E-state index is 13.5. The van der Waals surface area contributed by atoms with Crippen LogP contribution >= 0.6 is 11.6 Å². The van der Waals surface area contributed by atoms with Crippen molar-refractivity contribution in [2.24, 2.45) is 5.10 Å². The third kappa shape index (κ3) is 6.64. The van der Waals surface area contributed by atoms with Crippen molar-refractivity contribution in [1.82, 2.24) is 9.73 Å². The lowest BCUT2D eigenvalue weighted by Gasteiger charge is -2.23. The molecule has 0 unspecified atom stereocenters. The quantitative estimate of drug-likeness (QED) is 0.366. The van der Waals surface area contributed by atoms with Crippen LogP contribution in [0.4, 0.5) is 0 Å². The fraction of sp³-hybridized carbons (Fsp3) is 0.167. The number of carbonyl (C=O) groups excluding carboxylic acids is 1. The van der Waals surface area contributed by atoms with Gasteiger partial charge in [-0.15, -0.1) is 0 Å². The van der Waals surface area contributed by atoms with E-state index in [2.05, 4.69) is 10.5 Å². The Kier molecular flexibility index (Phi) is 8.21. The third-order valence-corrected chi connectivity index (χ3v) is 6.76. The first kappa shape index (κ1) is 24.4. The first-order valence-electron chi connectivity index (χ1n) is 10.1. The Morgan fingerprint density at radius 1 is 1.09 bits per heavy atom. The van der Waals surface area contributed by atoms with Crippen LogP contribution in [-0.4, -0.2) is 38.5 Å². The van der Waals surface area contributed by atoms with Crippen LogP contribution in [0.15, 0.2) is 82.8 Å². The predicted molar refractivity (Wildman–Crippen MR) is 129 cm³/mol. The number of methoxy groups -OCH3 is 1. The van der Waals surface area contributed by atoms with E-state index in [0.717, 1.165) is 15.4 Å². The summed E-state index contributed by atoms with van der Waals surface area (Å²) in [6, 6.07) is 20.9. The van der Waals surface area contributed by atoms with E-state index in [1.165, 1.54) is 19.4 Å². The van der Waals surface area contributed by atoms with Crippen LogP contribution in [0.1, 0.15) is 16.7 Å². The molecule has 0 bridgehead atoms. The number of hydrogen-bond donors (Lipinski definition) is 1. The molecule has 0 saturated carbocycles. The molecule has 9 heteroatoms. The average Bonchev–Trinajstić information content (AvgIpc) is 2.79. The minimum atomic E-state index is -4.06. The molecule has 33 heavy (non-hydrogen) atoms. The van der Waals surface area contributed by atoms with Crippen LogP contribution in [0.5, 0.6) is 5.75 Å². The van der Waals surface area contributed by atoms with Crippen molar-refractivity contribution in [1.29, 1.82) is 0 Å². The number of rotatable bonds is 9. The van der Waals surface area contributed by atoms with Gasteiger partial charge in [0.25, 0.3) is 5.91 Å². The molecule has 0 radical (unpaired) electrons. The summed E-state index contributed by atoms with van der Waals surface area (Å²) in [5.41, 5.74) is 4.57. The lowest BCUT2D eigenvalue weighted by molar-refractivity contribution is -0.121. The van der Waals surface area contributed by atoms with Crippen LogP contribution in [-0.2, 0) is 21.4 Å². The van der Waals surface area contributed by atoms with Crippen LogP contribution in [0.3, 0.4) is 0 Å². The van der Waals surface area contributed by atoms with Gasteiger partial charge in [-0.3, -0.25) is 4.79 Å². The first-order valence-corrected chi connectivity index (χ1v) is 11.9. The number of aryl methyl sites for hydroxylation is 1. The molecule has 0 aliphatic heterocycles. The number of benzene rings is 3. The van der Waals surface area contributed by atoms with Gasteiger partial charge in [-0.2, -0.15) is 9.41 Å². The summed E-state index contributed by atoms with van der Waals surface area (Å²) in [5, 5.41) is 4.46. The summed E-state index contributed by atoms with van der Waals surface area (Å²) < 4.78 is 33.5. The maximum Gasteiger partial charge on any atom is 0.255 e. The van der Waals surface area contributed by atoms with E-state index in [1.807, 2.05) is 18.2 Å². The molecular weight excluding hydrogens is 462 g/mol.